The minimum atomic E-state index is -1.19. The summed E-state index contributed by atoms with van der Waals surface area (Å²) in [4.78, 5) is 84.8. The number of aromatic nitrogens is 1. The van der Waals surface area contributed by atoms with Crippen molar-refractivity contribution in [3.05, 3.63) is 102 Å². The van der Waals surface area contributed by atoms with E-state index in [4.69, 9.17) is 4.74 Å². The van der Waals surface area contributed by atoms with Crippen LogP contribution in [0, 0.1) is 17.8 Å². The average molecular weight is 841 g/mol. The summed E-state index contributed by atoms with van der Waals surface area (Å²) in [6.07, 6.45) is 13.0. The molecule has 2 aliphatic heterocycles. The van der Waals surface area contributed by atoms with Crippen LogP contribution in [-0.2, 0) is 39.9 Å². The molecule has 2 aromatic rings. The molecule has 0 saturated carbocycles. The molecule has 0 aliphatic carbocycles. The maximum atomic E-state index is 14.3. The number of cyclic esters (lactones) is 1. The highest BCUT2D eigenvalue weighted by Gasteiger charge is 2.38. The quantitative estimate of drug-likeness (QED) is 0.112. The van der Waals surface area contributed by atoms with Gasteiger partial charge < -0.3 is 35.7 Å². The Balaban J connectivity index is 1.67. The minimum Gasteiger partial charge on any atom is -0.508 e. The molecule has 0 spiro atoms. The van der Waals surface area contributed by atoms with Crippen LogP contribution in [0.4, 0.5) is 5.82 Å². The molecular formula is C46H60N6O9. The number of fused-ring (bicyclic) bond motifs is 2. The van der Waals surface area contributed by atoms with Crippen molar-refractivity contribution >= 4 is 41.2 Å². The number of benzene rings is 1. The second kappa shape index (κ2) is 23.8. The lowest BCUT2D eigenvalue weighted by Crippen LogP contribution is -2.62. The lowest BCUT2D eigenvalue weighted by molar-refractivity contribution is -0.156. The summed E-state index contributed by atoms with van der Waals surface area (Å²) < 4.78 is 6.06. The van der Waals surface area contributed by atoms with Crippen molar-refractivity contribution in [2.45, 2.75) is 110 Å². The third kappa shape index (κ3) is 15.2. The highest BCUT2D eigenvalue weighted by Crippen LogP contribution is 2.24. The van der Waals surface area contributed by atoms with Gasteiger partial charge in [-0.15, -0.1) is 0 Å². The number of nitrogens with one attached hydrogen (secondary N) is 4. The standard InChI is InChI=1S/C46H60N6O9/c1-29(2)41-44(58)48-37(28-33-17-13-18-34(54)27-33)45(59)52-26-14-19-36(51-52)46(60)61-38(30(3)16-12-22-40(55)49-39-21-10-11-25-47-39)20-9-7-6-8-15-31(4)42(56)35(43(57)50-41)24-23-32(5)53/h6-13,16-18,21-22,25,27,29,31,35-38,41-42,51,54,56H,14-15,19-20,23-24,26,28H2,1-5H3,(H,48,58)(H,50,57)(H,47,49,55). The van der Waals surface area contributed by atoms with E-state index in [0.29, 0.717) is 36.2 Å². The summed E-state index contributed by atoms with van der Waals surface area (Å²) in [7, 11) is 0. The van der Waals surface area contributed by atoms with Gasteiger partial charge in [-0.05, 0) is 86.8 Å². The molecule has 1 fully saturated rings. The van der Waals surface area contributed by atoms with Crippen LogP contribution in [0.5, 0.6) is 5.75 Å². The smallest absolute Gasteiger partial charge is 0.325 e. The maximum Gasteiger partial charge on any atom is 0.325 e. The molecule has 4 rings (SSSR count). The number of carbonyl (C=O) groups is 6. The number of hydrogen-bond donors (Lipinski definition) is 6. The van der Waals surface area contributed by atoms with Gasteiger partial charge in [0.1, 0.15) is 41.6 Å². The van der Waals surface area contributed by atoms with E-state index in [2.05, 4.69) is 26.4 Å². The van der Waals surface area contributed by atoms with Gasteiger partial charge in [0.05, 0.1) is 12.0 Å². The average Bonchev–Trinajstić information content (AvgIpc) is 3.22. The first-order valence-electron chi connectivity index (χ1n) is 20.9. The molecule has 3 heterocycles. The summed E-state index contributed by atoms with van der Waals surface area (Å²) in [5, 5.41) is 31.3. The molecule has 15 heteroatoms. The van der Waals surface area contributed by atoms with Crippen LogP contribution in [0.1, 0.15) is 78.7 Å². The Kier molecular flexibility index (Phi) is 18.6. The first-order valence-corrected chi connectivity index (χ1v) is 20.9. The van der Waals surface area contributed by atoms with Gasteiger partial charge in [-0.25, -0.2) is 10.4 Å². The van der Waals surface area contributed by atoms with E-state index in [1.165, 1.54) is 30.1 Å². The number of hydrazine groups is 1. The van der Waals surface area contributed by atoms with Crippen molar-refractivity contribution in [3.63, 3.8) is 0 Å². The summed E-state index contributed by atoms with van der Waals surface area (Å²) in [6, 6.07) is 8.23. The first kappa shape index (κ1) is 47.7. The molecule has 1 saturated heterocycles. The molecule has 2 aliphatic rings. The van der Waals surface area contributed by atoms with Crippen molar-refractivity contribution in [1.82, 2.24) is 26.1 Å². The van der Waals surface area contributed by atoms with Crippen molar-refractivity contribution < 1.29 is 43.7 Å². The zero-order valence-electron chi connectivity index (χ0n) is 35.6. The molecule has 2 bridgehead atoms. The normalized spacial score (nSPS) is 25.3. The number of allylic oxidation sites excluding steroid dienone is 5. The fourth-order valence-corrected chi connectivity index (χ4v) is 7.03. The van der Waals surface area contributed by atoms with E-state index in [9.17, 15) is 39.0 Å². The van der Waals surface area contributed by atoms with Gasteiger partial charge >= 0.3 is 5.97 Å². The number of phenols is 1. The molecule has 4 amide bonds. The van der Waals surface area contributed by atoms with E-state index < -0.39 is 77.7 Å². The van der Waals surface area contributed by atoms with Crippen molar-refractivity contribution in [2.75, 3.05) is 11.9 Å². The number of hydrogen-bond acceptors (Lipinski definition) is 11. The molecule has 328 valence electrons. The number of aliphatic hydroxyl groups is 1. The highest BCUT2D eigenvalue weighted by atomic mass is 16.5. The Labute approximate surface area is 357 Å². The summed E-state index contributed by atoms with van der Waals surface area (Å²) >= 11 is 0. The van der Waals surface area contributed by atoms with Crippen LogP contribution in [0.15, 0.2) is 96.8 Å². The van der Waals surface area contributed by atoms with Crippen LogP contribution in [0.3, 0.4) is 0 Å². The number of rotatable bonds is 10. The van der Waals surface area contributed by atoms with Gasteiger partial charge in [0, 0.05) is 38.1 Å². The summed E-state index contributed by atoms with van der Waals surface area (Å²) in [6.45, 7) is 8.68. The lowest BCUT2D eigenvalue weighted by Gasteiger charge is -2.36. The largest absolute Gasteiger partial charge is 0.508 e. The minimum absolute atomic E-state index is 0.0260. The zero-order valence-corrected chi connectivity index (χ0v) is 35.6. The number of carbonyl (C=O) groups excluding carboxylic acids is 6. The number of aromatic hydroxyl groups is 1. The molecule has 7 atom stereocenters. The molecule has 7 unspecified atom stereocenters. The molecule has 1 aromatic carbocycles. The Morgan fingerprint density at radius 1 is 1.02 bits per heavy atom. The highest BCUT2D eigenvalue weighted by molar-refractivity contribution is 5.98. The monoisotopic (exact) mass is 840 g/mol. The topological polar surface area (TPSA) is 216 Å². The van der Waals surface area contributed by atoms with Gasteiger partial charge in [0.2, 0.25) is 17.7 Å². The number of amides is 4. The molecule has 6 N–H and O–H groups in total. The number of phenolic OH excluding ortho intramolecular Hbond substituents is 1. The Hall–Kier alpha value is -5.93. The van der Waals surface area contributed by atoms with Gasteiger partial charge in [0.25, 0.3) is 5.91 Å². The maximum absolute atomic E-state index is 14.3. The van der Waals surface area contributed by atoms with Crippen LogP contribution in [0.2, 0.25) is 0 Å². The third-order valence-electron chi connectivity index (χ3n) is 10.6. The van der Waals surface area contributed by atoms with Crippen LogP contribution < -0.4 is 21.4 Å². The van der Waals surface area contributed by atoms with Gasteiger partial charge in [0.15, 0.2) is 0 Å². The molecular weight excluding hydrogens is 781 g/mol. The molecule has 61 heavy (non-hydrogen) atoms. The lowest BCUT2D eigenvalue weighted by atomic mass is 9.85. The number of ketones is 1. The van der Waals surface area contributed by atoms with Gasteiger partial charge in [-0.3, -0.25) is 29.0 Å². The van der Waals surface area contributed by atoms with Gasteiger partial charge in [-0.1, -0.05) is 75.4 Å². The van der Waals surface area contributed by atoms with Crippen molar-refractivity contribution in [2.24, 2.45) is 17.8 Å². The predicted octanol–water partition coefficient (Wildman–Crippen LogP) is 4.39. The fraction of sp³-hybridized carbons (Fsp3) is 0.457. The van der Waals surface area contributed by atoms with Gasteiger partial charge in [-0.2, -0.15) is 0 Å². The van der Waals surface area contributed by atoms with E-state index in [0.717, 1.165) is 0 Å². The Bertz CT molecular complexity index is 1960. The molecule has 15 nitrogen and oxygen atoms in total. The number of anilines is 1. The second-order valence-corrected chi connectivity index (χ2v) is 16.0. The fourth-order valence-electron chi connectivity index (χ4n) is 7.03. The number of Topliss-reactive ketones (excluding diaryl/α,β-unsaturated/α-hetero) is 1. The van der Waals surface area contributed by atoms with Crippen LogP contribution >= 0.6 is 0 Å². The number of ether oxygens (including phenoxy) is 1. The third-order valence-corrected chi connectivity index (χ3v) is 10.6. The SMILES string of the molecule is CC(=O)CCC1C(=O)NC(C(C)C)C(=O)NC(Cc2cccc(O)c2)C(=O)N2CCCC(N2)C(=O)OC(C(C)=CC=CC(=O)Nc2ccccn2)CC=CC=CCC(C)C1O. The van der Waals surface area contributed by atoms with Crippen LogP contribution in [0.25, 0.3) is 0 Å². The van der Waals surface area contributed by atoms with Crippen molar-refractivity contribution in [3.8, 4) is 5.75 Å². The summed E-state index contributed by atoms with van der Waals surface area (Å²) in [5.74, 6) is -4.43. The second-order valence-electron chi connectivity index (χ2n) is 16.0. The van der Waals surface area contributed by atoms with Crippen LogP contribution in [-0.4, -0.2) is 92.5 Å². The predicted molar refractivity (Wildman–Crippen MR) is 230 cm³/mol. The van der Waals surface area contributed by atoms with E-state index in [-0.39, 0.29) is 43.8 Å². The number of nitrogens with zero attached hydrogens (tertiary/aromatic N) is 2. The number of aliphatic hydroxyl groups excluding tert-OH is 1. The first-order chi connectivity index (χ1) is 29.1. The van der Waals surface area contributed by atoms with Crippen molar-refractivity contribution in [1.29, 1.82) is 0 Å². The Morgan fingerprint density at radius 2 is 1.77 bits per heavy atom. The zero-order chi connectivity index (χ0) is 44.5. The van der Waals surface area contributed by atoms with E-state index >= 15 is 0 Å². The number of esters is 1. The van der Waals surface area contributed by atoms with E-state index in [1.807, 2.05) is 12.2 Å². The number of pyridine rings is 1. The molecule has 1 aromatic heterocycles. The Morgan fingerprint density at radius 3 is 2.46 bits per heavy atom. The summed E-state index contributed by atoms with van der Waals surface area (Å²) in [5.41, 5.74) is 4.21. The van der Waals surface area contributed by atoms with E-state index in [1.54, 1.807) is 88.5 Å². The molecule has 0 radical (unpaired) electrons.